The smallest absolute Gasteiger partial charge is 0.344 e. The van der Waals surface area contributed by atoms with Crippen molar-refractivity contribution in [2.45, 2.75) is 13.8 Å². The van der Waals surface area contributed by atoms with Crippen molar-refractivity contribution in [3.8, 4) is 17.6 Å². The molecule has 2 aromatic carbocycles. The molecule has 0 heterocycles. The molecule has 0 aliphatic rings. The van der Waals surface area contributed by atoms with Crippen LogP contribution in [0.4, 0.5) is 5.69 Å². The van der Waals surface area contributed by atoms with Crippen LogP contribution in [0.3, 0.4) is 0 Å². The molecule has 1 amide bonds. The molecule has 150 valence electrons. The molecule has 0 aromatic heterocycles. The van der Waals surface area contributed by atoms with Crippen molar-refractivity contribution in [3.63, 3.8) is 0 Å². The molecule has 0 saturated heterocycles. The zero-order chi connectivity index (χ0) is 21.2. The minimum atomic E-state index is -0.543. The van der Waals surface area contributed by atoms with Crippen molar-refractivity contribution in [2.75, 3.05) is 25.6 Å². The summed E-state index contributed by atoms with van der Waals surface area (Å²) in [6.07, 6.45) is 1.47. The fourth-order valence-corrected chi connectivity index (χ4v) is 2.43. The van der Waals surface area contributed by atoms with E-state index < -0.39 is 11.9 Å². The number of aryl methyl sites for hydroxylation is 1. The van der Waals surface area contributed by atoms with Crippen molar-refractivity contribution in [3.05, 3.63) is 59.2 Å². The number of benzene rings is 2. The quantitative estimate of drug-likeness (QED) is 0.418. The molecule has 0 radical (unpaired) electrons. The second-order valence-corrected chi connectivity index (χ2v) is 5.99. The molecule has 7 nitrogen and oxygen atoms in total. The number of ether oxygens (including phenoxy) is 3. The molecule has 0 aliphatic heterocycles. The van der Waals surface area contributed by atoms with Crippen molar-refractivity contribution in [1.82, 2.24) is 0 Å². The first-order chi connectivity index (χ1) is 14.0. The van der Waals surface area contributed by atoms with Crippen molar-refractivity contribution >= 4 is 23.6 Å². The Kier molecular flexibility index (Phi) is 7.80. The van der Waals surface area contributed by atoms with Crippen molar-refractivity contribution in [1.29, 1.82) is 5.26 Å². The predicted molar refractivity (Wildman–Crippen MR) is 109 cm³/mol. The first-order valence-corrected chi connectivity index (χ1v) is 8.93. The molecule has 0 aliphatic carbocycles. The van der Waals surface area contributed by atoms with Crippen LogP contribution in [0.15, 0.2) is 48.0 Å². The number of carbonyl (C=O) groups is 2. The molecule has 0 atom stereocenters. The third kappa shape index (κ3) is 6.40. The Balaban J connectivity index is 2.09. The van der Waals surface area contributed by atoms with Gasteiger partial charge in [0.2, 0.25) is 0 Å². The van der Waals surface area contributed by atoms with Gasteiger partial charge >= 0.3 is 5.97 Å². The second kappa shape index (κ2) is 10.5. The number of nitrogens with one attached hydrogen (secondary N) is 1. The molecule has 7 heteroatoms. The summed E-state index contributed by atoms with van der Waals surface area (Å²) in [6.45, 7) is 3.71. The fourth-order valence-electron chi connectivity index (χ4n) is 2.43. The number of hydrogen-bond acceptors (Lipinski definition) is 6. The third-order valence-electron chi connectivity index (χ3n) is 3.82. The average molecular weight is 394 g/mol. The number of carbonyl (C=O) groups excluding carboxylic acids is 2. The fraction of sp³-hybridized carbons (Fsp3) is 0.227. The number of hydrogen-bond donors (Lipinski definition) is 1. The zero-order valence-electron chi connectivity index (χ0n) is 16.5. The van der Waals surface area contributed by atoms with E-state index in [2.05, 4.69) is 5.32 Å². The molecule has 29 heavy (non-hydrogen) atoms. The summed E-state index contributed by atoms with van der Waals surface area (Å²) in [5, 5.41) is 12.1. The number of nitriles is 1. The van der Waals surface area contributed by atoms with Gasteiger partial charge in [0.25, 0.3) is 5.91 Å². The average Bonchev–Trinajstić information content (AvgIpc) is 2.71. The zero-order valence-corrected chi connectivity index (χ0v) is 16.5. The van der Waals surface area contributed by atoms with Gasteiger partial charge in [-0.05, 0) is 55.3 Å². The molecule has 0 unspecified atom stereocenters. The molecule has 1 N–H and O–H groups in total. The lowest BCUT2D eigenvalue weighted by atomic mass is 10.1. The monoisotopic (exact) mass is 394 g/mol. The third-order valence-corrected chi connectivity index (χ3v) is 3.82. The molecule has 0 bridgehead atoms. The van der Waals surface area contributed by atoms with Crippen LogP contribution in [-0.4, -0.2) is 32.2 Å². The Morgan fingerprint density at radius 1 is 1.17 bits per heavy atom. The maximum Gasteiger partial charge on any atom is 0.344 e. The minimum Gasteiger partial charge on any atom is -0.495 e. The van der Waals surface area contributed by atoms with Gasteiger partial charge in [0, 0.05) is 0 Å². The molecule has 2 rings (SSSR count). The highest BCUT2D eigenvalue weighted by Crippen LogP contribution is 2.26. The number of methoxy groups -OCH3 is 1. The molecular weight excluding hydrogens is 372 g/mol. The number of anilines is 1. The number of amides is 1. The summed E-state index contributed by atoms with van der Waals surface area (Å²) in [5.74, 6) is -0.0162. The van der Waals surface area contributed by atoms with Gasteiger partial charge in [0.05, 0.1) is 19.4 Å². The van der Waals surface area contributed by atoms with Crippen molar-refractivity contribution < 1.29 is 23.8 Å². The van der Waals surface area contributed by atoms with Gasteiger partial charge in [-0.15, -0.1) is 0 Å². The highest BCUT2D eigenvalue weighted by Gasteiger charge is 2.13. The van der Waals surface area contributed by atoms with Gasteiger partial charge in [0.1, 0.15) is 23.1 Å². The minimum absolute atomic E-state index is 0.0613. The Labute approximate surface area is 169 Å². The van der Waals surface area contributed by atoms with Gasteiger partial charge in [-0.2, -0.15) is 5.26 Å². The van der Waals surface area contributed by atoms with E-state index >= 15 is 0 Å². The highest BCUT2D eigenvalue weighted by molar-refractivity contribution is 6.10. The standard InChI is InChI=1S/C22H22N2O5/c1-4-28-21(25)14-29-18-8-6-16(7-9-18)12-17(13-23)22(26)24-19-11-15(2)5-10-20(19)27-3/h5-12H,4,14H2,1-3H3,(H,24,26)/b17-12+. The van der Waals surface area contributed by atoms with Gasteiger partial charge in [0.15, 0.2) is 6.61 Å². The normalized spacial score (nSPS) is 10.6. The van der Waals surface area contributed by atoms with Crippen LogP contribution in [0.2, 0.25) is 0 Å². The Bertz CT molecular complexity index is 943. The van der Waals surface area contributed by atoms with E-state index in [-0.39, 0.29) is 12.2 Å². The van der Waals surface area contributed by atoms with E-state index in [1.165, 1.54) is 13.2 Å². The maximum absolute atomic E-state index is 12.5. The van der Waals surface area contributed by atoms with Crippen LogP contribution in [0.25, 0.3) is 6.08 Å². The molecule has 2 aromatic rings. The van der Waals surface area contributed by atoms with E-state index in [1.54, 1.807) is 43.3 Å². The van der Waals surface area contributed by atoms with Crippen LogP contribution in [0.1, 0.15) is 18.1 Å². The topological polar surface area (TPSA) is 97.7 Å². The Hall–Kier alpha value is -3.79. The van der Waals surface area contributed by atoms with E-state index in [0.717, 1.165) is 5.56 Å². The summed E-state index contributed by atoms with van der Waals surface area (Å²) >= 11 is 0. The lowest BCUT2D eigenvalue weighted by Gasteiger charge is -2.10. The van der Waals surface area contributed by atoms with Crippen LogP contribution < -0.4 is 14.8 Å². The summed E-state index contributed by atoms with van der Waals surface area (Å²) in [7, 11) is 1.51. The van der Waals surface area contributed by atoms with Crippen LogP contribution in [0.5, 0.6) is 11.5 Å². The molecule has 0 fully saturated rings. The van der Waals surface area contributed by atoms with Gasteiger partial charge in [-0.25, -0.2) is 4.79 Å². The second-order valence-electron chi connectivity index (χ2n) is 5.99. The Morgan fingerprint density at radius 2 is 1.90 bits per heavy atom. The lowest BCUT2D eigenvalue weighted by molar-refractivity contribution is -0.145. The molecular formula is C22H22N2O5. The molecule has 0 spiro atoms. The lowest BCUT2D eigenvalue weighted by Crippen LogP contribution is -2.14. The predicted octanol–water partition coefficient (Wildman–Crippen LogP) is 3.49. The van der Waals surface area contributed by atoms with Gasteiger partial charge < -0.3 is 19.5 Å². The molecule has 0 saturated carbocycles. The van der Waals surface area contributed by atoms with Gasteiger partial charge in [-0.3, -0.25) is 4.79 Å². The number of rotatable bonds is 8. The SMILES string of the molecule is CCOC(=O)COc1ccc(/C=C(\C#N)C(=O)Nc2cc(C)ccc2OC)cc1. The van der Waals surface area contributed by atoms with Crippen LogP contribution in [0, 0.1) is 18.3 Å². The van der Waals surface area contributed by atoms with Crippen LogP contribution >= 0.6 is 0 Å². The van der Waals surface area contributed by atoms with E-state index in [1.807, 2.05) is 19.1 Å². The first-order valence-electron chi connectivity index (χ1n) is 8.93. The van der Waals surface area contributed by atoms with Crippen molar-refractivity contribution in [2.24, 2.45) is 0 Å². The number of esters is 1. The van der Waals surface area contributed by atoms with Gasteiger partial charge in [-0.1, -0.05) is 18.2 Å². The Morgan fingerprint density at radius 3 is 2.52 bits per heavy atom. The summed E-state index contributed by atoms with van der Waals surface area (Å²) in [6, 6.07) is 13.9. The highest BCUT2D eigenvalue weighted by atomic mass is 16.6. The largest absolute Gasteiger partial charge is 0.495 e. The maximum atomic E-state index is 12.5. The summed E-state index contributed by atoms with van der Waals surface area (Å²) in [5.41, 5.74) is 2.01. The van der Waals surface area contributed by atoms with E-state index in [9.17, 15) is 14.9 Å². The summed E-state index contributed by atoms with van der Waals surface area (Å²) < 4.78 is 15.3. The summed E-state index contributed by atoms with van der Waals surface area (Å²) in [4.78, 5) is 23.8. The van der Waals surface area contributed by atoms with Crippen LogP contribution in [-0.2, 0) is 14.3 Å². The van der Waals surface area contributed by atoms with E-state index in [0.29, 0.717) is 29.4 Å². The number of nitrogens with zero attached hydrogens (tertiary/aromatic N) is 1. The van der Waals surface area contributed by atoms with E-state index in [4.69, 9.17) is 14.2 Å². The first kappa shape index (κ1) is 21.5.